The molecule has 1 amide bonds. The normalized spacial score (nSPS) is 12.8. The second-order valence-electron chi connectivity index (χ2n) is 11.3. The number of unbranched alkanes of at least 4 members (excludes halogenated alkanes) is 2. The lowest BCUT2D eigenvalue weighted by molar-refractivity contribution is -0.889. The highest BCUT2D eigenvalue weighted by atomic mass is 16.6. The van der Waals surface area contributed by atoms with Crippen LogP contribution in [0.4, 0.5) is 0 Å². The van der Waals surface area contributed by atoms with E-state index in [-0.39, 0.29) is 36.4 Å². The minimum Gasteiger partial charge on any atom is -0.460 e. The Kier molecular flexibility index (Phi) is 19.6. The van der Waals surface area contributed by atoms with Crippen molar-refractivity contribution in [3.63, 3.8) is 0 Å². The number of hydrogen-bond donors (Lipinski definition) is 1. The number of carbonyl (C=O) groups is 3. The molecule has 0 aliphatic heterocycles. The van der Waals surface area contributed by atoms with Crippen molar-refractivity contribution in [2.24, 2.45) is 5.92 Å². The first kappa shape index (κ1) is 35.5. The zero-order valence-corrected chi connectivity index (χ0v) is 24.7. The molecule has 0 heterocycles. The number of quaternary nitrogens is 1. The quantitative estimate of drug-likeness (QED) is 0.122. The highest BCUT2D eigenvalue weighted by molar-refractivity contribution is 5.86. The molecule has 1 N–H and O–H groups in total. The van der Waals surface area contributed by atoms with Crippen LogP contribution in [0.2, 0.25) is 0 Å². The predicted octanol–water partition coefficient (Wildman–Crippen LogP) is 3.53. The van der Waals surface area contributed by atoms with E-state index >= 15 is 0 Å². The largest absolute Gasteiger partial charge is 0.460 e. The Labute approximate surface area is 225 Å². The van der Waals surface area contributed by atoms with Gasteiger partial charge >= 0.3 is 5.97 Å². The minimum absolute atomic E-state index is 0.0517. The molecule has 0 aromatic rings. The molecule has 0 saturated heterocycles. The molecular weight excluding hydrogens is 476 g/mol. The summed E-state index contributed by atoms with van der Waals surface area (Å²) in [6.45, 7) is 14.6. The summed E-state index contributed by atoms with van der Waals surface area (Å²) in [6, 6.07) is 0. The average molecular weight is 532 g/mol. The van der Waals surface area contributed by atoms with Gasteiger partial charge in [0.15, 0.2) is 0 Å². The Balaban J connectivity index is 3.65. The lowest BCUT2D eigenvalue weighted by atomic mass is 10.0. The molecule has 0 spiro atoms. The molecule has 9 heteroatoms. The van der Waals surface area contributed by atoms with Crippen molar-refractivity contribution in [1.82, 2.24) is 5.32 Å². The lowest BCUT2D eigenvalue weighted by Crippen LogP contribution is -2.46. The van der Waals surface area contributed by atoms with Gasteiger partial charge < -0.3 is 28.7 Å². The SMILES string of the molecule is CCCCC[N+](C)(C)CCNC(=O)[C@H](C)CC(=O)CCCOCCOCCOCCC(=O)OC(C)(C)C. The Morgan fingerprint density at radius 3 is 2.00 bits per heavy atom. The van der Waals surface area contributed by atoms with Crippen molar-refractivity contribution in [1.29, 1.82) is 0 Å². The number of esters is 1. The Hall–Kier alpha value is -1.55. The first-order valence-corrected chi connectivity index (χ1v) is 13.9. The number of hydrogen-bond acceptors (Lipinski definition) is 7. The maximum atomic E-state index is 12.3. The zero-order chi connectivity index (χ0) is 28.2. The van der Waals surface area contributed by atoms with Crippen molar-refractivity contribution < 1.29 is 37.8 Å². The van der Waals surface area contributed by atoms with E-state index in [2.05, 4.69) is 26.3 Å². The Morgan fingerprint density at radius 1 is 0.811 bits per heavy atom. The van der Waals surface area contributed by atoms with Crippen LogP contribution in [0.25, 0.3) is 0 Å². The summed E-state index contributed by atoms with van der Waals surface area (Å²) in [4.78, 5) is 36.1. The van der Waals surface area contributed by atoms with E-state index < -0.39 is 5.60 Å². The Bertz CT molecular complexity index is 633. The number of likely N-dealkylation sites (N-methyl/N-ethyl adjacent to an activating group) is 1. The molecule has 9 nitrogen and oxygen atoms in total. The monoisotopic (exact) mass is 531 g/mol. The van der Waals surface area contributed by atoms with E-state index in [9.17, 15) is 14.4 Å². The van der Waals surface area contributed by atoms with Gasteiger partial charge in [-0.2, -0.15) is 0 Å². The number of amides is 1. The van der Waals surface area contributed by atoms with Gasteiger partial charge in [0.25, 0.3) is 0 Å². The molecule has 1 atom stereocenters. The average Bonchev–Trinajstić information content (AvgIpc) is 2.78. The summed E-state index contributed by atoms with van der Waals surface area (Å²) < 4.78 is 22.4. The molecule has 0 bridgehead atoms. The number of ether oxygens (including phenoxy) is 4. The molecule has 0 radical (unpaired) electrons. The van der Waals surface area contributed by atoms with Gasteiger partial charge in [0, 0.05) is 25.4 Å². The summed E-state index contributed by atoms with van der Waals surface area (Å²) >= 11 is 0. The molecule has 0 aliphatic carbocycles. The first-order valence-electron chi connectivity index (χ1n) is 13.9. The van der Waals surface area contributed by atoms with Crippen LogP contribution >= 0.6 is 0 Å². The second-order valence-corrected chi connectivity index (χ2v) is 11.3. The van der Waals surface area contributed by atoms with Gasteiger partial charge in [0.2, 0.25) is 5.91 Å². The van der Waals surface area contributed by atoms with Crippen LogP contribution < -0.4 is 5.32 Å². The maximum Gasteiger partial charge on any atom is 0.308 e. The van der Waals surface area contributed by atoms with Crippen LogP contribution in [0.3, 0.4) is 0 Å². The summed E-state index contributed by atoms with van der Waals surface area (Å²) in [6.07, 6.45) is 5.17. The fraction of sp³-hybridized carbons (Fsp3) is 0.893. The molecule has 0 rings (SSSR count). The third kappa shape index (κ3) is 23.3. The summed E-state index contributed by atoms with van der Waals surface area (Å²) in [5, 5.41) is 2.98. The van der Waals surface area contributed by atoms with E-state index in [1.54, 1.807) is 0 Å². The molecule has 218 valence electrons. The standard InChI is InChI=1S/C28H54N2O7/c1-8-9-10-15-30(6,7)16-14-29-27(33)24(2)23-25(31)12-11-17-34-19-21-36-22-20-35-18-13-26(32)37-28(3,4)5/h24H,8-23H2,1-7H3/p+1/t24-/m1/s1. The van der Waals surface area contributed by atoms with Crippen molar-refractivity contribution in [3.05, 3.63) is 0 Å². The number of carbonyl (C=O) groups excluding carboxylic acids is 3. The van der Waals surface area contributed by atoms with Crippen LogP contribution in [0.15, 0.2) is 0 Å². The van der Waals surface area contributed by atoms with E-state index in [4.69, 9.17) is 18.9 Å². The fourth-order valence-electron chi connectivity index (χ4n) is 3.56. The first-order chi connectivity index (χ1) is 17.4. The molecule has 37 heavy (non-hydrogen) atoms. The van der Waals surface area contributed by atoms with Crippen molar-refractivity contribution in [2.45, 2.75) is 85.2 Å². The molecule has 0 fully saturated rings. The van der Waals surface area contributed by atoms with E-state index in [0.717, 1.165) is 17.6 Å². The van der Waals surface area contributed by atoms with Crippen LogP contribution in [-0.2, 0) is 33.3 Å². The maximum absolute atomic E-state index is 12.3. The predicted molar refractivity (Wildman–Crippen MR) is 145 cm³/mol. The van der Waals surface area contributed by atoms with Gasteiger partial charge in [0.05, 0.1) is 73.2 Å². The van der Waals surface area contributed by atoms with Gasteiger partial charge in [-0.05, 0) is 40.0 Å². The van der Waals surface area contributed by atoms with E-state index in [1.165, 1.54) is 19.3 Å². The molecule has 0 aromatic heterocycles. The summed E-state index contributed by atoms with van der Waals surface area (Å²) in [5.41, 5.74) is -0.480. The van der Waals surface area contributed by atoms with Gasteiger partial charge in [-0.15, -0.1) is 0 Å². The summed E-state index contributed by atoms with van der Waals surface area (Å²) in [5.74, 6) is -0.556. The van der Waals surface area contributed by atoms with Gasteiger partial charge in [0.1, 0.15) is 11.4 Å². The summed E-state index contributed by atoms with van der Waals surface area (Å²) in [7, 11) is 4.38. The van der Waals surface area contributed by atoms with Gasteiger partial charge in [-0.25, -0.2) is 0 Å². The highest BCUT2D eigenvalue weighted by Gasteiger charge is 2.19. The van der Waals surface area contributed by atoms with E-state index in [0.29, 0.717) is 59.0 Å². The Morgan fingerprint density at radius 2 is 1.41 bits per heavy atom. The highest BCUT2D eigenvalue weighted by Crippen LogP contribution is 2.09. The van der Waals surface area contributed by atoms with Crippen LogP contribution in [0.5, 0.6) is 0 Å². The number of ketones is 1. The van der Waals surface area contributed by atoms with Crippen LogP contribution in [0.1, 0.15) is 79.6 Å². The lowest BCUT2D eigenvalue weighted by Gasteiger charge is -2.30. The smallest absolute Gasteiger partial charge is 0.308 e. The van der Waals surface area contributed by atoms with E-state index in [1.807, 2.05) is 27.7 Å². The third-order valence-electron chi connectivity index (χ3n) is 5.72. The molecule has 0 unspecified atom stereocenters. The van der Waals surface area contributed by atoms with Gasteiger partial charge in [-0.1, -0.05) is 20.3 Å². The topological polar surface area (TPSA) is 100 Å². The fourth-order valence-corrected chi connectivity index (χ4v) is 3.56. The second kappa shape index (κ2) is 20.4. The minimum atomic E-state index is -0.480. The number of nitrogens with one attached hydrogen (secondary N) is 1. The number of Topliss-reactive ketones (excluding diaryl/α,β-unsaturated/α-hetero) is 1. The van der Waals surface area contributed by atoms with Crippen molar-refractivity contribution >= 4 is 17.7 Å². The van der Waals surface area contributed by atoms with Crippen molar-refractivity contribution in [2.75, 3.05) is 73.4 Å². The number of rotatable bonds is 23. The van der Waals surface area contributed by atoms with Crippen LogP contribution in [-0.4, -0.2) is 101 Å². The van der Waals surface area contributed by atoms with Crippen molar-refractivity contribution in [3.8, 4) is 0 Å². The molecular formula is C28H55N2O7+. The third-order valence-corrected chi connectivity index (χ3v) is 5.72. The zero-order valence-electron chi connectivity index (χ0n) is 24.7. The molecule has 0 saturated carbocycles. The molecule has 0 aliphatic rings. The number of nitrogens with zero attached hydrogens (tertiary/aromatic N) is 1. The molecule has 0 aromatic carbocycles. The van der Waals surface area contributed by atoms with Crippen LogP contribution in [0, 0.1) is 5.92 Å². The van der Waals surface area contributed by atoms with Gasteiger partial charge in [-0.3, -0.25) is 14.4 Å².